The van der Waals surface area contributed by atoms with Crippen molar-refractivity contribution in [2.45, 2.75) is 31.1 Å². The van der Waals surface area contributed by atoms with Crippen LogP contribution in [-0.2, 0) is 9.59 Å². The molecule has 4 rings (SSSR count). The minimum atomic E-state index is -5.08. The zero-order valence-electron chi connectivity index (χ0n) is 20.3. The van der Waals surface area contributed by atoms with Gasteiger partial charge in [0.2, 0.25) is 0 Å². The topological polar surface area (TPSA) is 124 Å². The van der Waals surface area contributed by atoms with E-state index in [-0.39, 0.29) is 32.0 Å². The third-order valence-corrected chi connectivity index (χ3v) is 5.99. The number of hydrogen-bond donors (Lipinski definition) is 2. The van der Waals surface area contributed by atoms with E-state index >= 15 is 0 Å². The van der Waals surface area contributed by atoms with Crippen LogP contribution < -0.4 is 4.90 Å². The lowest BCUT2D eigenvalue weighted by Crippen LogP contribution is -2.58. The first-order chi connectivity index (χ1) is 18.4. The summed E-state index contributed by atoms with van der Waals surface area (Å²) in [7, 11) is 0. The first-order valence-electron chi connectivity index (χ1n) is 11.2. The molecule has 220 valence electrons. The van der Waals surface area contributed by atoms with Crippen molar-refractivity contribution in [2.24, 2.45) is 5.41 Å². The number of piperidine rings is 1. The maximum absolute atomic E-state index is 14.9. The molecule has 0 saturated carbocycles. The predicted molar refractivity (Wildman–Crippen MR) is 121 cm³/mol. The number of pyridine rings is 2. The highest BCUT2D eigenvalue weighted by atomic mass is 19.4. The van der Waals surface area contributed by atoms with E-state index in [4.69, 9.17) is 19.8 Å². The van der Waals surface area contributed by atoms with Crippen molar-refractivity contribution in [3.05, 3.63) is 54.5 Å². The molecule has 2 aliphatic heterocycles. The Labute approximate surface area is 221 Å². The number of aliphatic carboxylic acids is 2. The Balaban J connectivity index is 0.000000333. The molecular weight excluding hydrogens is 564 g/mol. The lowest BCUT2D eigenvalue weighted by molar-refractivity contribution is -0.193. The molecule has 2 aromatic heterocycles. The smallest absolute Gasteiger partial charge is 0.475 e. The van der Waals surface area contributed by atoms with Gasteiger partial charge in [-0.15, -0.1) is 0 Å². The molecule has 1 unspecified atom stereocenters. The van der Waals surface area contributed by atoms with Gasteiger partial charge >= 0.3 is 24.3 Å². The van der Waals surface area contributed by atoms with E-state index in [9.17, 15) is 39.9 Å². The van der Waals surface area contributed by atoms with Gasteiger partial charge in [0.05, 0.1) is 5.41 Å². The Kier molecular flexibility index (Phi) is 9.99. The summed E-state index contributed by atoms with van der Waals surface area (Å²) in [5.74, 6) is -7.82. The highest BCUT2D eigenvalue weighted by Gasteiger charge is 2.60. The fourth-order valence-electron chi connectivity index (χ4n) is 3.99. The number of nitrogens with zero attached hydrogens (tertiary/aromatic N) is 4. The standard InChI is InChI=1S/C19H20F2N4O.2C2HF3O2/c20-19(21)7-12-25(17(26)15-4-9-22-10-5-15)14-18(19)6-11-24(13-18)16-3-1-2-8-23-16;2*3-2(4,5)1(6)7/h1-5,8-10H,6-7,11-14H2;2*(H,6,7). The van der Waals surface area contributed by atoms with Crippen molar-refractivity contribution in [1.29, 1.82) is 0 Å². The largest absolute Gasteiger partial charge is 0.490 e. The van der Waals surface area contributed by atoms with E-state index in [0.717, 1.165) is 0 Å². The Morgan fingerprint density at radius 2 is 1.35 bits per heavy atom. The molecule has 0 aliphatic carbocycles. The van der Waals surface area contributed by atoms with Crippen LogP contribution in [0.5, 0.6) is 0 Å². The second-order valence-corrected chi connectivity index (χ2v) is 8.66. The highest BCUT2D eigenvalue weighted by molar-refractivity contribution is 5.94. The SMILES string of the molecule is O=C(O)C(F)(F)F.O=C(O)C(F)(F)F.O=C(c1ccncc1)N1CCC(F)(F)C2(CCN(c3ccccn3)C2)C1. The Morgan fingerprint density at radius 3 is 1.82 bits per heavy atom. The van der Waals surface area contributed by atoms with Crippen LogP contribution in [-0.4, -0.2) is 87.4 Å². The van der Waals surface area contributed by atoms with Gasteiger partial charge in [-0.3, -0.25) is 9.78 Å². The van der Waals surface area contributed by atoms with Crippen molar-refractivity contribution in [3.63, 3.8) is 0 Å². The average Bonchev–Trinajstić information content (AvgIpc) is 3.32. The monoisotopic (exact) mass is 586 g/mol. The van der Waals surface area contributed by atoms with Crippen LogP contribution in [0.25, 0.3) is 0 Å². The van der Waals surface area contributed by atoms with Crippen molar-refractivity contribution >= 4 is 23.7 Å². The molecule has 40 heavy (non-hydrogen) atoms. The number of carbonyl (C=O) groups is 3. The summed E-state index contributed by atoms with van der Waals surface area (Å²) in [6, 6.07) is 8.73. The number of alkyl halides is 8. The molecule has 2 aliphatic rings. The number of hydrogen-bond acceptors (Lipinski definition) is 6. The fraction of sp³-hybridized carbons (Fsp3) is 0.435. The quantitative estimate of drug-likeness (QED) is 0.504. The number of aromatic nitrogens is 2. The minimum absolute atomic E-state index is 0.0600. The second kappa shape index (κ2) is 12.4. The van der Waals surface area contributed by atoms with Gasteiger partial charge in [0.25, 0.3) is 11.8 Å². The van der Waals surface area contributed by atoms with E-state index in [0.29, 0.717) is 24.3 Å². The summed E-state index contributed by atoms with van der Waals surface area (Å²) in [6.45, 7) is 0.852. The summed E-state index contributed by atoms with van der Waals surface area (Å²) in [5.41, 5.74) is -0.745. The predicted octanol–water partition coefficient (Wildman–Crippen LogP) is 4.12. The van der Waals surface area contributed by atoms with Crippen LogP contribution in [0.3, 0.4) is 0 Å². The first-order valence-corrected chi connectivity index (χ1v) is 11.2. The maximum Gasteiger partial charge on any atom is 0.490 e. The lowest BCUT2D eigenvalue weighted by Gasteiger charge is -2.45. The van der Waals surface area contributed by atoms with E-state index in [2.05, 4.69) is 9.97 Å². The number of likely N-dealkylation sites (tertiary alicyclic amines) is 1. The van der Waals surface area contributed by atoms with Gasteiger partial charge in [-0.1, -0.05) is 6.07 Å². The third kappa shape index (κ3) is 8.22. The molecular formula is C23H22F8N4O5. The molecule has 17 heteroatoms. The Hall–Kier alpha value is -4.05. The Morgan fingerprint density at radius 1 is 0.800 bits per heavy atom. The van der Waals surface area contributed by atoms with Crippen LogP contribution in [0.2, 0.25) is 0 Å². The maximum atomic E-state index is 14.9. The summed E-state index contributed by atoms with van der Waals surface area (Å²) in [6.07, 6.45) is -5.38. The molecule has 2 N–H and O–H groups in total. The van der Waals surface area contributed by atoms with Crippen molar-refractivity contribution in [3.8, 4) is 0 Å². The number of rotatable bonds is 2. The number of carbonyl (C=O) groups excluding carboxylic acids is 1. The van der Waals surface area contributed by atoms with E-state index < -0.39 is 35.6 Å². The summed E-state index contributed by atoms with van der Waals surface area (Å²) in [5, 5.41) is 14.2. The zero-order valence-corrected chi connectivity index (χ0v) is 20.3. The van der Waals surface area contributed by atoms with Crippen LogP contribution in [0.15, 0.2) is 48.9 Å². The zero-order chi connectivity index (χ0) is 30.4. The number of carboxylic acid groups (broad SMARTS) is 2. The van der Waals surface area contributed by atoms with E-state index in [1.165, 1.54) is 0 Å². The van der Waals surface area contributed by atoms with Gasteiger partial charge in [-0.2, -0.15) is 26.3 Å². The number of anilines is 1. The molecule has 2 aromatic rings. The molecule has 1 atom stereocenters. The number of carboxylic acids is 2. The van der Waals surface area contributed by atoms with Crippen molar-refractivity contribution < 1.29 is 59.7 Å². The van der Waals surface area contributed by atoms with Crippen LogP contribution in [0, 0.1) is 5.41 Å². The fourth-order valence-corrected chi connectivity index (χ4v) is 3.99. The number of amides is 1. The van der Waals surface area contributed by atoms with Gasteiger partial charge in [-0.25, -0.2) is 23.4 Å². The first kappa shape index (κ1) is 32.2. The Bertz CT molecular complexity index is 1140. The molecule has 1 amide bonds. The van der Waals surface area contributed by atoms with Crippen LogP contribution in [0.1, 0.15) is 23.2 Å². The summed E-state index contributed by atoms with van der Waals surface area (Å²) in [4.78, 5) is 42.2. The molecule has 0 bridgehead atoms. The van der Waals surface area contributed by atoms with E-state index in [1.54, 1.807) is 41.7 Å². The van der Waals surface area contributed by atoms with Gasteiger partial charge in [0, 0.05) is 56.8 Å². The lowest BCUT2D eigenvalue weighted by atomic mass is 9.75. The van der Waals surface area contributed by atoms with Gasteiger partial charge in [0.15, 0.2) is 0 Å². The van der Waals surface area contributed by atoms with Gasteiger partial charge in [-0.05, 0) is 30.7 Å². The third-order valence-electron chi connectivity index (χ3n) is 5.99. The van der Waals surface area contributed by atoms with Crippen LogP contribution in [0.4, 0.5) is 40.9 Å². The molecule has 2 fully saturated rings. The average molecular weight is 586 g/mol. The highest BCUT2D eigenvalue weighted by Crippen LogP contribution is 2.50. The summed E-state index contributed by atoms with van der Waals surface area (Å²) >= 11 is 0. The normalized spacial score (nSPS) is 20.1. The number of halogens is 8. The minimum Gasteiger partial charge on any atom is -0.475 e. The molecule has 0 aromatic carbocycles. The van der Waals surface area contributed by atoms with Gasteiger partial charge in [0.1, 0.15) is 5.82 Å². The molecule has 0 radical (unpaired) electrons. The molecule has 2 saturated heterocycles. The van der Waals surface area contributed by atoms with Crippen LogP contribution >= 0.6 is 0 Å². The van der Waals surface area contributed by atoms with Gasteiger partial charge < -0.3 is 20.0 Å². The molecule has 4 heterocycles. The van der Waals surface area contributed by atoms with Crippen molar-refractivity contribution in [1.82, 2.24) is 14.9 Å². The summed E-state index contributed by atoms with van der Waals surface area (Å²) < 4.78 is 93.3. The second-order valence-electron chi connectivity index (χ2n) is 8.66. The molecule has 9 nitrogen and oxygen atoms in total. The molecule has 1 spiro atoms. The van der Waals surface area contributed by atoms with Crippen molar-refractivity contribution in [2.75, 3.05) is 31.1 Å². The van der Waals surface area contributed by atoms with E-state index in [1.807, 2.05) is 17.0 Å².